The van der Waals surface area contributed by atoms with Crippen molar-refractivity contribution in [2.45, 2.75) is 26.3 Å². The Morgan fingerprint density at radius 3 is 2.42 bits per heavy atom. The number of hydrogen-bond acceptors (Lipinski definition) is 4. The summed E-state index contributed by atoms with van der Waals surface area (Å²) in [5, 5.41) is 3.18. The first-order valence-electron chi connectivity index (χ1n) is 8.26. The molecule has 6 nitrogen and oxygen atoms in total. The molecule has 0 radical (unpaired) electrons. The minimum absolute atomic E-state index is 0.150. The maximum atomic E-state index is 12.4. The highest BCUT2D eigenvalue weighted by atomic mass is 35.5. The molecule has 1 amide bonds. The predicted molar refractivity (Wildman–Crippen MR) is 98.2 cm³/mol. The number of esters is 1. The average molecular weight is 377 g/mol. The van der Waals surface area contributed by atoms with Gasteiger partial charge in [-0.2, -0.15) is 0 Å². The van der Waals surface area contributed by atoms with Crippen LogP contribution >= 0.6 is 11.6 Å². The van der Waals surface area contributed by atoms with Crippen LogP contribution in [0.25, 0.3) is 0 Å². The van der Waals surface area contributed by atoms with Crippen molar-refractivity contribution in [3.63, 3.8) is 0 Å². The van der Waals surface area contributed by atoms with E-state index in [1.54, 1.807) is 42.6 Å². The third-order valence-corrected chi connectivity index (χ3v) is 3.90. The van der Waals surface area contributed by atoms with Crippen LogP contribution in [0.4, 0.5) is 0 Å². The van der Waals surface area contributed by atoms with Gasteiger partial charge in [0, 0.05) is 16.8 Å². The van der Waals surface area contributed by atoms with Crippen LogP contribution in [0.15, 0.2) is 42.6 Å². The van der Waals surface area contributed by atoms with E-state index in [1.807, 2.05) is 13.8 Å². The van der Waals surface area contributed by atoms with E-state index in [0.29, 0.717) is 22.7 Å². The Morgan fingerprint density at radius 1 is 1.15 bits per heavy atom. The number of benzene rings is 1. The second-order valence-corrected chi connectivity index (χ2v) is 6.71. The van der Waals surface area contributed by atoms with Crippen LogP contribution in [0.1, 0.15) is 41.1 Å². The second-order valence-electron chi connectivity index (χ2n) is 6.28. The fourth-order valence-corrected chi connectivity index (χ4v) is 2.47. The first kappa shape index (κ1) is 19.7. The predicted octanol–water partition coefficient (Wildman–Crippen LogP) is 3.24. The Balaban J connectivity index is 1.98. The first-order chi connectivity index (χ1) is 12.4. The van der Waals surface area contributed by atoms with Crippen molar-refractivity contribution in [1.29, 1.82) is 0 Å². The Morgan fingerprint density at radius 2 is 1.85 bits per heavy atom. The minimum atomic E-state index is -0.838. The van der Waals surface area contributed by atoms with Gasteiger partial charge in [-0.3, -0.25) is 9.59 Å². The Kier molecular flexibility index (Phi) is 6.97. The number of nitrogens with one attached hydrogen (secondary N) is 2. The summed E-state index contributed by atoms with van der Waals surface area (Å²) in [4.78, 5) is 39.4. The SMILES string of the molecule is CC(C)C[C@@H](NC(=O)c1ccc(Cl)cc1)C(=O)OCC(=O)c1ccc[nH]1. The van der Waals surface area contributed by atoms with Gasteiger partial charge in [-0.1, -0.05) is 25.4 Å². The third-order valence-electron chi connectivity index (χ3n) is 3.65. The van der Waals surface area contributed by atoms with Crippen LogP contribution in [0, 0.1) is 5.92 Å². The number of H-pyrrole nitrogens is 1. The number of ether oxygens (including phenoxy) is 1. The summed E-state index contributed by atoms with van der Waals surface area (Å²) in [6.07, 6.45) is 2.01. The number of hydrogen-bond donors (Lipinski definition) is 2. The van der Waals surface area contributed by atoms with Crippen LogP contribution < -0.4 is 5.32 Å². The molecule has 7 heteroatoms. The molecule has 26 heavy (non-hydrogen) atoms. The standard InChI is InChI=1S/C19H21ClN2O4/c1-12(2)10-16(22-18(24)13-5-7-14(20)8-6-13)19(25)26-11-17(23)15-4-3-9-21-15/h3-9,12,16,21H,10-11H2,1-2H3,(H,22,24)/t16-/m1/s1. The molecule has 0 aliphatic carbocycles. The van der Waals surface area contributed by atoms with Gasteiger partial charge in [-0.05, 0) is 48.7 Å². The van der Waals surface area contributed by atoms with Gasteiger partial charge in [0.15, 0.2) is 6.61 Å². The molecule has 0 fully saturated rings. The average Bonchev–Trinajstić information content (AvgIpc) is 3.13. The van der Waals surface area contributed by atoms with Crippen LogP contribution in [0.2, 0.25) is 5.02 Å². The summed E-state index contributed by atoms with van der Waals surface area (Å²) in [7, 11) is 0. The maximum Gasteiger partial charge on any atom is 0.329 e. The molecule has 2 aromatic rings. The van der Waals surface area contributed by atoms with Crippen molar-refractivity contribution in [3.8, 4) is 0 Å². The van der Waals surface area contributed by atoms with E-state index in [0.717, 1.165) is 0 Å². The minimum Gasteiger partial charge on any atom is -0.456 e. The molecule has 0 saturated carbocycles. The molecule has 1 atom stereocenters. The van der Waals surface area contributed by atoms with Crippen molar-refractivity contribution in [1.82, 2.24) is 10.3 Å². The number of amides is 1. The van der Waals surface area contributed by atoms with E-state index < -0.39 is 17.9 Å². The number of carbonyl (C=O) groups excluding carboxylic acids is 3. The Hall–Kier alpha value is -2.60. The fraction of sp³-hybridized carbons (Fsp3) is 0.316. The van der Waals surface area contributed by atoms with E-state index in [9.17, 15) is 14.4 Å². The zero-order chi connectivity index (χ0) is 19.1. The zero-order valence-electron chi connectivity index (χ0n) is 14.6. The van der Waals surface area contributed by atoms with E-state index >= 15 is 0 Å². The number of aromatic amines is 1. The Labute approximate surface area is 156 Å². The molecule has 0 aliphatic rings. The summed E-state index contributed by atoms with van der Waals surface area (Å²) in [5.41, 5.74) is 0.752. The summed E-state index contributed by atoms with van der Waals surface area (Å²) in [6.45, 7) is 3.47. The van der Waals surface area contributed by atoms with Crippen LogP contribution in [-0.4, -0.2) is 35.3 Å². The van der Waals surface area contributed by atoms with Crippen molar-refractivity contribution in [2.75, 3.05) is 6.61 Å². The maximum absolute atomic E-state index is 12.4. The van der Waals surface area contributed by atoms with Crippen molar-refractivity contribution < 1.29 is 19.1 Å². The first-order valence-corrected chi connectivity index (χ1v) is 8.64. The van der Waals surface area contributed by atoms with Crippen LogP contribution in [0.3, 0.4) is 0 Å². The molecule has 1 aromatic heterocycles. The van der Waals surface area contributed by atoms with Gasteiger partial charge in [-0.15, -0.1) is 0 Å². The van der Waals surface area contributed by atoms with Gasteiger partial charge in [-0.25, -0.2) is 4.79 Å². The molecule has 0 unspecified atom stereocenters. The molecule has 2 rings (SSSR count). The molecule has 138 valence electrons. The van der Waals surface area contributed by atoms with Crippen LogP contribution in [0.5, 0.6) is 0 Å². The lowest BCUT2D eigenvalue weighted by Crippen LogP contribution is -2.43. The van der Waals surface area contributed by atoms with Gasteiger partial charge < -0.3 is 15.0 Å². The second kappa shape index (κ2) is 9.20. The number of halogens is 1. The Bertz CT molecular complexity index is 754. The lowest BCUT2D eigenvalue weighted by molar-refractivity contribution is -0.145. The van der Waals surface area contributed by atoms with E-state index in [2.05, 4.69) is 10.3 Å². The number of Topliss-reactive ketones (excluding diaryl/α,β-unsaturated/α-hetero) is 1. The van der Waals surface area contributed by atoms with Gasteiger partial charge in [0.25, 0.3) is 5.91 Å². The highest BCUT2D eigenvalue weighted by Gasteiger charge is 2.25. The molecule has 2 N–H and O–H groups in total. The number of carbonyl (C=O) groups is 3. The molecule has 1 heterocycles. The molecule has 0 aliphatic heterocycles. The summed E-state index contributed by atoms with van der Waals surface area (Å²) in [5.74, 6) is -1.23. The molecule has 1 aromatic carbocycles. The van der Waals surface area contributed by atoms with Crippen molar-refractivity contribution in [3.05, 3.63) is 58.9 Å². The number of ketones is 1. The molecule has 0 saturated heterocycles. The summed E-state index contributed by atoms with van der Waals surface area (Å²) < 4.78 is 5.10. The van der Waals surface area contributed by atoms with E-state index in [-0.39, 0.29) is 18.3 Å². The number of aromatic nitrogens is 1. The summed E-state index contributed by atoms with van der Waals surface area (Å²) in [6, 6.07) is 8.79. The van der Waals surface area contributed by atoms with Crippen molar-refractivity contribution >= 4 is 29.3 Å². The smallest absolute Gasteiger partial charge is 0.329 e. The highest BCUT2D eigenvalue weighted by molar-refractivity contribution is 6.30. The quantitative estimate of drug-likeness (QED) is 0.546. The molecular formula is C19H21ClN2O4. The van der Waals surface area contributed by atoms with Crippen LogP contribution in [-0.2, 0) is 9.53 Å². The largest absolute Gasteiger partial charge is 0.456 e. The van der Waals surface area contributed by atoms with Gasteiger partial charge >= 0.3 is 5.97 Å². The zero-order valence-corrected chi connectivity index (χ0v) is 15.4. The monoisotopic (exact) mass is 376 g/mol. The molecule has 0 bridgehead atoms. The topological polar surface area (TPSA) is 88.3 Å². The highest BCUT2D eigenvalue weighted by Crippen LogP contribution is 2.12. The third kappa shape index (κ3) is 5.74. The van der Waals surface area contributed by atoms with Crippen molar-refractivity contribution in [2.24, 2.45) is 5.92 Å². The fourth-order valence-electron chi connectivity index (χ4n) is 2.35. The molecule has 0 spiro atoms. The lowest BCUT2D eigenvalue weighted by atomic mass is 10.0. The van der Waals surface area contributed by atoms with E-state index in [1.165, 1.54) is 0 Å². The summed E-state index contributed by atoms with van der Waals surface area (Å²) >= 11 is 5.81. The van der Waals surface area contributed by atoms with Gasteiger partial charge in [0.1, 0.15) is 6.04 Å². The normalized spacial score (nSPS) is 11.8. The van der Waals surface area contributed by atoms with E-state index in [4.69, 9.17) is 16.3 Å². The van der Waals surface area contributed by atoms with Gasteiger partial charge in [0.05, 0.1) is 5.69 Å². The van der Waals surface area contributed by atoms with Gasteiger partial charge in [0.2, 0.25) is 5.78 Å². The number of rotatable bonds is 8. The molecular weight excluding hydrogens is 356 g/mol. The lowest BCUT2D eigenvalue weighted by Gasteiger charge is -2.19.